The van der Waals surface area contributed by atoms with Crippen molar-refractivity contribution in [2.24, 2.45) is 0 Å². The number of carbonyl (C=O) groups is 1. The Hall–Kier alpha value is -2.43. The third kappa shape index (κ3) is 5.05. The maximum atomic E-state index is 12.0. The fourth-order valence-corrected chi connectivity index (χ4v) is 2.38. The Morgan fingerprint density at radius 3 is 2.46 bits per heavy atom. The van der Waals surface area contributed by atoms with Crippen LogP contribution in [0.3, 0.4) is 0 Å². The van der Waals surface area contributed by atoms with Gasteiger partial charge in [-0.15, -0.1) is 10.2 Å². The number of benzene rings is 1. The Balaban J connectivity index is 2.07. The molecule has 0 atom stereocenters. The predicted molar refractivity (Wildman–Crippen MR) is 97.0 cm³/mol. The molecule has 1 aromatic heterocycles. The van der Waals surface area contributed by atoms with Crippen molar-refractivity contribution in [2.45, 2.75) is 46.2 Å². The van der Waals surface area contributed by atoms with Crippen LogP contribution in [-0.4, -0.2) is 28.7 Å². The van der Waals surface area contributed by atoms with E-state index in [2.05, 4.69) is 53.3 Å². The first-order valence-corrected chi connectivity index (χ1v) is 8.54. The van der Waals surface area contributed by atoms with Gasteiger partial charge in [-0.25, -0.2) is 0 Å². The van der Waals surface area contributed by atoms with Crippen LogP contribution in [0.15, 0.2) is 42.5 Å². The molecule has 0 fully saturated rings. The van der Waals surface area contributed by atoms with Crippen molar-refractivity contribution in [1.82, 2.24) is 15.5 Å². The van der Waals surface area contributed by atoms with Gasteiger partial charge in [0.2, 0.25) is 0 Å². The van der Waals surface area contributed by atoms with Gasteiger partial charge in [-0.1, -0.05) is 43.7 Å². The zero-order valence-corrected chi connectivity index (χ0v) is 14.7. The fourth-order valence-electron chi connectivity index (χ4n) is 2.38. The first-order chi connectivity index (χ1) is 11.6. The van der Waals surface area contributed by atoms with Gasteiger partial charge >= 0.3 is 0 Å². The van der Waals surface area contributed by atoms with Crippen LogP contribution in [-0.2, 0) is 6.54 Å². The van der Waals surface area contributed by atoms with Crippen LogP contribution in [0.2, 0.25) is 0 Å². The highest BCUT2D eigenvalue weighted by Crippen LogP contribution is 2.17. The normalized spacial score (nSPS) is 10.7. The molecule has 0 saturated heterocycles. The zero-order valence-electron chi connectivity index (χ0n) is 14.7. The molecule has 5 nitrogen and oxygen atoms in total. The first-order valence-electron chi connectivity index (χ1n) is 8.54. The van der Waals surface area contributed by atoms with Crippen molar-refractivity contribution < 1.29 is 4.79 Å². The minimum absolute atomic E-state index is 0.165. The highest BCUT2D eigenvalue weighted by molar-refractivity contribution is 5.92. The summed E-state index contributed by atoms with van der Waals surface area (Å²) in [7, 11) is 0. The lowest BCUT2D eigenvalue weighted by molar-refractivity contribution is 0.0947. The van der Waals surface area contributed by atoms with Crippen molar-refractivity contribution >= 4 is 11.7 Å². The molecular weight excluding hydrogens is 300 g/mol. The zero-order chi connectivity index (χ0) is 17.4. The van der Waals surface area contributed by atoms with Crippen LogP contribution < -0.4 is 10.2 Å². The van der Waals surface area contributed by atoms with E-state index in [0.29, 0.717) is 12.2 Å². The minimum Gasteiger partial charge on any atom is -0.351 e. The van der Waals surface area contributed by atoms with Gasteiger partial charge in [-0.3, -0.25) is 4.79 Å². The molecule has 1 amide bonds. The van der Waals surface area contributed by atoms with Crippen molar-refractivity contribution in [1.29, 1.82) is 0 Å². The highest BCUT2D eigenvalue weighted by atomic mass is 16.1. The molecule has 0 aliphatic carbocycles. The number of hydrogen-bond acceptors (Lipinski definition) is 4. The first kappa shape index (κ1) is 17.9. The summed E-state index contributed by atoms with van der Waals surface area (Å²) >= 11 is 0. The monoisotopic (exact) mass is 326 g/mol. The topological polar surface area (TPSA) is 58.1 Å². The summed E-state index contributed by atoms with van der Waals surface area (Å²) in [6.45, 7) is 7.76. The van der Waals surface area contributed by atoms with Crippen molar-refractivity contribution in [3.05, 3.63) is 53.7 Å². The lowest BCUT2D eigenvalue weighted by atomic mass is 10.2. The molecule has 5 heteroatoms. The van der Waals surface area contributed by atoms with Gasteiger partial charge in [0.05, 0.1) is 0 Å². The van der Waals surface area contributed by atoms with Crippen LogP contribution in [0.1, 0.15) is 49.7 Å². The number of aromatic nitrogens is 2. The van der Waals surface area contributed by atoms with Crippen LogP contribution in [0, 0.1) is 0 Å². The van der Waals surface area contributed by atoms with Gasteiger partial charge in [0.25, 0.3) is 5.91 Å². The minimum atomic E-state index is -0.165. The molecule has 0 aliphatic heterocycles. The summed E-state index contributed by atoms with van der Waals surface area (Å²) in [4.78, 5) is 14.2. The van der Waals surface area contributed by atoms with Gasteiger partial charge in [-0.05, 0) is 38.0 Å². The van der Waals surface area contributed by atoms with E-state index in [4.69, 9.17) is 0 Å². The van der Waals surface area contributed by atoms with Crippen LogP contribution in [0.4, 0.5) is 5.82 Å². The summed E-state index contributed by atoms with van der Waals surface area (Å²) < 4.78 is 0. The Bertz CT molecular complexity index is 626. The molecule has 1 heterocycles. The van der Waals surface area contributed by atoms with Crippen molar-refractivity contribution in [3.63, 3.8) is 0 Å². The summed E-state index contributed by atoms with van der Waals surface area (Å²) in [5.74, 6) is 0.612. The average Bonchev–Trinajstić information content (AvgIpc) is 2.60. The number of carbonyl (C=O) groups excluding carboxylic acids is 1. The molecule has 0 aliphatic rings. The molecule has 0 saturated carbocycles. The van der Waals surface area contributed by atoms with E-state index < -0.39 is 0 Å². The second kappa shape index (κ2) is 9.01. The Labute approximate surface area is 144 Å². The number of rotatable bonds is 8. The second-order valence-electron chi connectivity index (χ2n) is 6.09. The predicted octanol–water partition coefficient (Wildman–Crippen LogP) is 3.42. The smallest absolute Gasteiger partial charge is 0.271 e. The largest absolute Gasteiger partial charge is 0.351 e. The molecule has 24 heavy (non-hydrogen) atoms. The number of nitrogens with zero attached hydrogens (tertiary/aromatic N) is 3. The lowest BCUT2D eigenvalue weighted by Crippen LogP contribution is -2.31. The number of nitrogens with one attached hydrogen (secondary N) is 1. The number of anilines is 1. The van der Waals surface area contributed by atoms with Gasteiger partial charge in [-0.2, -0.15) is 0 Å². The van der Waals surface area contributed by atoms with Crippen molar-refractivity contribution in [3.8, 4) is 0 Å². The maximum absolute atomic E-state index is 12.0. The van der Waals surface area contributed by atoms with Crippen LogP contribution in [0.25, 0.3) is 0 Å². The summed E-state index contributed by atoms with van der Waals surface area (Å²) in [5.41, 5.74) is 1.58. The number of hydrogen-bond donors (Lipinski definition) is 1. The van der Waals surface area contributed by atoms with E-state index >= 15 is 0 Å². The third-order valence-corrected chi connectivity index (χ3v) is 3.81. The van der Waals surface area contributed by atoms with E-state index in [-0.39, 0.29) is 11.9 Å². The van der Waals surface area contributed by atoms with E-state index in [1.54, 1.807) is 6.07 Å². The Kier molecular flexibility index (Phi) is 6.73. The Morgan fingerprint density at radius 2 is 1.88 bits per heavy atom. The molecule has 0 radical (unpaired) electrons. The second-order valence-corrected chi connectivity index (χ2v) is 6.09. The van der Waals surface area contributed by atoms with E-state index in [1.807, 2.05) is 24.3 Å². The Morgan fingerprint density at radius 1 is 1.12 bits per heavy atom. The van der Waals surface area contributed by atoms with Crippen molar-refractivity contribution in [2.75, 3.05) is 11.4 Å². The molecule has 1 N–H and O–H groups in total. The molecule has 0 spiro atoms. The van der Waals surface area contributed by atoms with Crippen LogP contribution >= 0.6 is 0 Å². The molecule has 0 unspecified atom stereocenters. The van der Waals surface area contributed by atoms with E-state index in [1.165, 1.54) is 5.56 Å². The van der Waals surface area contributed by atoms with Gasteiger partial charge in [0, 0.05) is 19.1 Å². The van der Waals surface area contributed by atoms with Gasteiger partial charge in [0.1, 0.15) is 0 Å². The molecule has 2 rings (SSSR count). The third-order valence-electron chi connectivity index (χ3n) is 3.81. The lowest BCUT2D eigenvalue weighted by Gasteiger charge is -2.27. The maximum Gasteiger partial charge on any atom is 0.271 e. The van der Waals surface area contributed by atoms with Gasteiger partial charge in [0.15, 0.2) is 11.5 Å². The van der Waals surface area contributed by atoms with Crippen LogP contribution in [0.5, 0.6) is 0 Å². The van der Waals surface area contributed by atoms with Gasteiger partial charge < -0.3 is 10.2 Å². The SMILES string of the molecule is CCCCNC(=O)c1ccc(N(Cc2ccccc2)C(C)C)nn1. The summed E-state index contributed by atoms with van der Waals surface area (Å²) in [5, 5.41) is 11.2. The van der Waals surface area contributed by atoms with E-state index in [9.17, 15) is 4.79 Å². The average molecular weight is 326 g/mol. The standard InChI is InChI=1S/C19H26N4O/c1-4-5-13-20-19(24)17-11-12-18(22-21-17)23(15(2)3)14-16-9-7-6-8-10-16/h6-12,15H,4-5,13-14H2,1-3H3,(H,20,24). The molecule has 128 valence electrons. The summed E-state index contributed by atoms with van der Waals surface area (Å²) in [6, 6.07) is 14.1. The summed E-state index contributed by atoms with van der Waals surface area (Å²) in [6.07, 6.45) is 2.02. The molecular formula is C19H26N4O. The molecule has 0 bridgehead atoms. The van der Waals surface area contributed by atoms with E-state index in [0.717, 1.165) is 25.2 Å². The molecule has 1 aromatic carbocycles. The quantitative estimate of drug-likeness (QED) is 0.755. The molecule has 2 aromatic rings. The number of unbranched alkanes of at least 4 members (excludes halogenated alkanes) is 1. The fraction of sp³-hybridized carbons (Fsp3) is 0.421. The highest BCUT2D eigenvalue weighted by Gasteiger charge is 2.14. The number of amides is 1.